The van der Waals surface area contributed by atoms with Crippen molar-refractivity contribution in [3.63, 3.8) is 0 Å². The molecule has 0 aromatic heterocycles. The van der Waals surface area contributed by atoms with Crippen LogP contribution in [0.1, 0.15) is 11.1 Å². The second-order valence-electron chi connectivity index (χ2n) is 3.17. The van der Waals surface area contributed by atoms with Crippen LogP contribution in [-0.2, 0) is 16.0 Å². The number of benzene rings is 1. The summed E-state index contributed by atoms with van der Waals surface area (Å²) in [6.07, 6.45) is 0.753. The maximum Gasteiger partial charge on any atom is 0.137 e. The van der Waals surface area contributed by atoms with Gasteiger partial charge in [-0.05, 0) is 11.1 Å². The molecule has 1 aliphatic heterocycles. The van der Waals surface area contributed by atoms with Crippen LogP contribution in [0.5, 0.6) is 0 Å². The Morgan fingerprint density at radius 3 is 2.86 bits per heavy atom. The summed E-state index contributed by atoms with van der Waals surface area (Å²) in [5, 5.41) is 1.61. The van der Waals surface area contributed by atoms with Gasteiger partial charge in [-0.25, -0.2) is 0 Å². The van der Waals surface area contributed by atoms with Crippen LogP contribution in [-0.4, -0.2) is 25.5 Å². The van der Waals surface area contributed by atoms with E-state index in [2.05, 4.69) is 12.6 Å². The molecule has 0 bridgehead atoms. The predicted octanol–water partition coefficient (Wildman–Crippen LogP) is 1.47. The third-order valence-electron chi connectivity index (χ3n) is 2.37. The van der Waals surface area contributed by atoms with Crippen LogP contribution in [0, 0.1) is 6.54 Å². The number of fused-ring (bicyclic) bond motifs is 1. The minimum absolute atomic E-state index is 0.0742. The molecular formula is C11H13NO2. The van der Waals surface area contributed by atoms with Crippen molar-refractivity contribution in [1.29, 1.82) is 0 Å². The minimum atomic E-state index is -0.0742. The largest absolute Gasteiger partial charge is 0.364 e. The minimum Gasteiger partial charge on any atom is -0.364 e. The van der Waals surface area contributed by atoms with E-state index in [1.54, 1.807) is 19.3 Å². The maximum absolute atomic E-state index is 5.29. The lowest BCUT2D eigenvalue weighted by atomic mass is 10.00. The molecule has 0 aliphatic carbocycles. The molecule has 1 heterocycles. The molecule has 0 saturated carbocycles. The quantitative estimate of drug-likeness (QED) is 0.706. The summed E-state index contributed by atoms with van der Waals surface area (Å²) >= 11 is 0. The van der Waals surface area contributed by atoms with Crippen LogP contribution in [0.3, 0.4) is 0 Å². The first kappa shape index (κ1) is 9.65. The molecular weight excluding hydrogens is 178 g/mol. The van der Waals surface area contributed by atoms with E-state index in [0.717, 1.165) is 12.0 Å². The van der Waals surface area contributed by atoms with Crippen molar-refractivity contribution in [2.45, 2.75) is 12.6 Å². The van der Waals surface area contributed by atoms with Crippen LogP contribution >= 0.6 is 0 Å². The van der Waals surface area contributed by atoms with Gasteiger partial charge < -0.3 is 4.74 Å². The smallest absolute Gasteiger partial charge is 0.137 e. The summed E-state index contributed by atoms with van der Waals surface area (Å²) in [4.78, 5) is 5.15. The molecule has 1 aliphatic rings. The number of rotatable bonds is 2. The SMILES string of the molecule is COC1Cc2ccccc2[C]N1OC. The van der Waals surface area contributed by atoms with E-state index in [4.69, 9.17) is 9.57 Å². The second-order valence-corrected chi connectivity index (χ2v) is 3.17. The lowest BCUT2D eigenvalue weighted by Crippen LogP contribution is -2.39. The fourth-order valence-corrected chi connectivity index (χ4v) is 1.61. The van der Waals surface area contributed by atoms with Gasteiger partial charge in [-0.15, -0.1) is 5.06 Å². The van der Waals surface area contributed by atoms with E-state index < -0.39 is 0 Å². The Morgan fingerprint density at radius 2 is 2.14 bits per heavy atom. The zero-order chi connectivity index (χ0) is 9.97. The van der Waals surface area contributed by atoms with E-state index in [0.29, 0.717) is 0 Å². The van der Waals surface area contributed by atoms with Gasteiger partial charge in [0.2, 0.25) is 0 Å². The van der Waals surface area contributed by atoms with Crippen LogP contribution in [0.15, 0.2) is 24.3 Å². The van der Waals surface area contributed by atoms with Crippen molar-refractivity contribution in [2.75, 3.05) is 14.2 Å². The van der Waals surface area contributed by atoms with Gasteiger partial charge in [0, 0.05) is 13.5 Å². The first-order valence-corrected chi connectivity index (χ1v) is 4.56. The molecule has 74 valence electrons. The molecule has 0 spiro atoms. The average Bonchev–Trinajstić information content (AvgIpc) is 2.27. The van der Waals surface area contributed by atoms with Gasteiger partial charge >= 0.3 is 0 Å². The van der Waals surface area contributed by atoms with Gasteiger partial charge in [0.15, 0.2) is 0 Å². The Morgan fingerprint density at radius 1 is 1.36 bits per heavy atom. The molecule has 0 amide bonds. The summed E-state index contributed by atoms with van der Waals surface area (Å²) < 4.78 is 5.29. The van der Waals surface area contributed by atoms with E-state index in [1.165, 1.54) is 5.56 Å². The molecule has 1 aromatic carbocycles. The van der Waals surface area contributed by atoms with Gasteiger partial charge in [-0.1, -0.05) is 24.3 Å². The van der Waals surface area contributed by atoms with Crippen molar-refractivity contribution in [3.8, 4) is 0 Å². The van der Waals surface area contributed by atoms with Crippen LogP contribution in [0.2, 0.25) is 0 Å². The summed E-state index contributed by atoms with van der Waals surface area (Å²) in [7, 11) is 3.29. The van der Waals surface area contributed by atoms with E-state index in [1.807, 2.05) is 18.2 Å². The van der Waals surface area contributed by atoms with E-state index >= 15 is 0 Å². The van der Waals surface area contributed by atoms with Crippen molar-refractivity contribution in [2.24, 2.45) is 0 Å². The molecule has 0 fully saturated rings. The Kier molecular flexibility index (Phi) is 2.82. The average molecular weight is 191 g/mol. The Hall–Kier alpha value is -0.900. The number of ether oxygens (including phenoxy) is 1. The number of hydrogen-bond donors (Lipinski definition) is 0. The molecule has 0 saturated heterocycles. The molecule has 1 aromatic rings. The van der Waals surface area contributed by atoms with Crippen molar-refractivity contribution in [1.82, 2.24) is 5.06 Å². The molecule has 14 heavy (non-hydrogen) atoms. The fraction of sp³-hybridized carbons (Fsp3) is 0.364. The predicted molar refractivity (Wildman–Crippen MR) is 52.1 cm³/mol. The van der Waals surface area contributed by atoms with Gasteiger partial charge in [0.25, 0.3) is 0 Å². The number of hydroxylamine groups is 2. The van der Waals surface area contributed by atoms with Gasteiger partial charge in [0.1, 0.15) is 12.8 Å². The van der Waals surface area contributed by atoms with Crippen LogP contribution < -0.4 is 0 Å². The normalized spacial score (nSPS) is 22.0. The zero-order valence-corrected chi connectivity index (χ0v) is 8.36. The number of hydrogen-bond acceptors (Lipinski definition) is 3. The van der Waals surface area contributed by atoms with Gasteiger partial charge in [-0.3, -0.25) is 4.84 Å². The molecule has 2 rings (SSSR count). The van der Waals surface area contributed by atoms with E-state index in [-0.39, 0.29) is 6.23 Å². The highest BCUT2D eigenvalue weighted by molar-refractivity contribution is 5.34. The summed E-state index contributed by atoms with van der Waals surface area (Å²) in [5.41, 5.74) is 2.32. The summed E-state index contributed by atoms with van der Waals surface area (Å²) in [6.45, 7) is 3.13. The van der Waals surface area contributed by atoms with Crippen molar-refractivity contribution in [3.05, 3.63) is 41.9 Å². The van der Waals surface area contributed by atoms with Gasteiger partial charge in [0.05, 0.1) is 7.11 Å². The fourth-order valence-electron chi connectivity index (χ4n) is 1.61. The number of nitrogens with zero attached hydrogens (tertiary/aromatic N) is 1. The Labute approximate surface area is 84.2 Å². The molecule has 1 atom stereocenters. The molecule has 3 heteroatoms. The van der Waals surface area contributed by atoms with Gasteiger partial charge in [-0.2, -0.15) is 0 Å². The topological polar surface area (TPSA) is 21.7 Å². The highest BCUT2D eigenvalue weighted by Gasteiger charge is 2.26. The Bertz CT molecular complexity index is 283. The first-order valence-electron chi connectivity index (χ1n) is 4.56. The third-order valence-corrected chi connectivity index (χ3v) is 2.37. The summed E-state index contributed by atoms with van der Waals surface area (Å²) in [5.74, 6) is 0. The lowest BCUT2D eigenvalue weighted by molar-refractivity contribution is -0.209. The third kappa shape index (κ3) is 1.66. The van der Waals surface area contributed by atoms with Crippen LogP contribution in [0.25, 0.3) is 0 Å². The van der Waals surface area contributed by atoms with E-state index in [9.17, 15) is 0 Å². The zero-order valence-electron chi connectivity index (χ0n) is 8.36. The highest BCUT2D eigenvalue weighted by Crippen LogP contribution is 2.24. The monoisotopic (exact) mass is 191 g/mol. The summed E-state index contributed by atoms with van der Waals surface area (Å²) in [6, 6.07) is 8.12. The molecule has 2 radical (unpaired) electrons. The second kappa shape index (κ2) is 4.09. The molecule has 0 N–H and O–H groups in total. The van der Waals surface area contributed by atoms with Crippen molar-refractivity contribution >= 4 is 0 Å². The first-order chi connectivity index (χ1) is 6.85. The number of methoxy groups -OCH3 is 1. The molecule has 3 nitrogen and oxygen atoms in total. The highest BCUT2D eigenvalue weighted by atomic mass is 16.7. The molecule has 1 unspecified atom stereocenters. The van der Waals surface area contributed by atoms with Crippen LogP contribution in [0.4, 0.5) is 0 Å². The Balaban J connectivity index is 2.25. The standard InChI is InChI=1S/C11H13NO2/c1-13-11-7-9-5-3-4-6-10(9)8-12(11)14-2/h3-6,11H,7H2,1-2H3. The van der Waals surface area contributed by atoms with Crippen molar-refractivity contribution < 1.29 is 9.57 Å². The maximum atomic E-state index is 5.29. The lowest BCUT2D eigenvalue weighted by Gasteiger charge is -2.32.